The van der Waals surface area contributed by atoms with Gasteiger partial charge in [-0.15, -0.1) is 0 Å². The normalized spacial score (nSPS) is 12.5. The van der Waals surface area contributed by atoms with Crippen molar-refractivity contribution >= 4 is 5.91 Å². The fraction of sp³-hybridized carbons (Fsp3) is 0.500. The summed E-state index contributed by atoms with van der Waals surface area (Å²) in [5.74, 6) is 0.202. The number of hydrogen-bond acceptors (Lipinski definition) is 2. The molecule has 0 aliphatic heterocycles. The van der Waals surface area contributed by atoms with E-state index in [0.717, 1.165) is 11.1 Å². The monoisotopic (exact) mass is 235 g/mol. The lowest BCUT2D eigenvalue weighted by atomic mass is 10.0. The van der Waals surface area contributed by atoms with Gasteiger partial charge in [-0.25, -0.2) is 0 Å². The second-order valence-electron chi connectivity index (χ2n) is 4.70. The van der Waals surface area contributed by atoms with Gasteiger partial charge in [0.15, 0.2) is 0 Å². The molecular formula is C14H21NO2. The Labute approximate surface area is 103 Å². The fourth-order valence-corrected chi connectivity index (χ4v) is 1.66. The van der Waals surface area contributed by atoms with Crippen molar-refractivity contribution in [3.63, 3.8) is 0 Å². The SMILES string of the molecule is Cc1ccccc1CC(=O)N[C@H](CO)C(C)C. The van der Waals surface area contributed by atoms with Gasteiger partial charge >= 0.3 is 0 Å². The minimum atomic E-state index is -0.161. The molecule has 0 aromatic heterocycles. The Morgan fingerprint density at radius 3 is 2.53 bits per heavy atom. The molecule has 3 heteroatoms. The molecule has 0 heterocycles. The molecule has 1 amide bonds. The highest BCUT2D eigenvalue weighted by atomic mass is 16.3. The summed E-state index contributed by atoms with van der Waals surface area (Å²) in [4.78, 5) is 11.8. The molecule has 0 spiro atoms. The van der Waals surface area contributed by atoms with Crippen LogP contribution >= 0.6 is 0 Å². The van der Waals surface area contributed by atoms with Crippen LogP contribution in [-0.4, -0.2) is 23.7 Å². The molecule has 94 valence electrons. The van der Waals surface area contributed by atoms with E-state index in [0.29, 0.717) is 6.42 Å². The van der Waals surface area contributed by atoms with E-state index in [1.807, 2.05) is 45.0 Å². The lowest BCUT2D eigenvalue weighted by Crippen LogP contribution is -2.41. The molecule has 0 radical (unpaired) electrons. The fourth-order valence-electron chi connectivity index (χ4n) is 1.66. The number of carbonyl (C=O) groups is 1. The van der Waals surface area contributed by atoms with Crippen molar-refractivity contribution in [1.29, 1.82) is 0 Å². The number of benzene rings is 1. The number of nitrogens with one attached hydrogen (secondary N) is 1. The van der Waals surface area contributed by atoms with Gasteiger partial charge < -0.3 is 10.4 Å². The molecule has 0 bridgehead atoms. The topological polar surface area (TPSA) is 49.3 Å². The molecule has 1 atom stereocenters. The molecular weight excluding hydrogens is 214 g/mol. The molecule has 1 aromatic rings. The number of aliphatic hydroxyl groups excluding tert-OH is 1. The highest BCUT2D eigenvalue weighted by Gasteiger charge is 2.15. The smallest absolute Gasteiger partial charge is 0.224 e. The lowest BCUT2D eigenvalue weighted by Gasteiger charge is -2.20. The van der Waals surface area contributed by atoms with Gasteiger partial charge in [0.2, 0.25) is 5.91 Å². The Morgan fingerprint density at radius 1 is 1.35 bits per heavy atom. The Hall–Kier alpha value is -1.35. The van der Waals surface area contributed by atoms with Crippen molar-refractivity contribution in [2.24, 2.45) is 5.92 Å². The third-order valence-corrected chi connectivity index (χ3v) is 2.96. The van der Waals surface area contributed by atoms with Crippen LogP contribution in [0.3, 0.4) is 0 Å². The molecule has 1 rings (SSSR count). The summed E-state index contributed by atoms with van der Waals surface area (Å²) >= 11 is 0. The van der Waals surface area contributed by atoms with Gasteiger partial charge in [0.1, 0.15) is 0 Å². The zero-order valence-electron chi connectivity index (χ0n) is 10.7. The summed E-state index contributed by atoms with van der Waals surface area (Å²) in [6.45, 7) is 5.94. The van der Waals surface area contributed by atoms with Crippen LogP contribution in [0.4, 0.5) is 0 Å². The summed E-state index contributed by atoms with van der Waals surface area (Å²) in [6.07, 6.45) is 0.371. The van der Waals surface area contributed by atoms with Gasteiger partial charge in [0.05, 0.1) is 19.1 Å². The van der Waals surface area contributed by atoms with Gasteiger partial charge in [-0.2, -0.15) is 0 Å². The van der Waals surface area contributed by atoms with Crippen molar-refractivity contribution in [3.05, 3.63) is 35.4 Å². The lowest BCUT2D eigenvalue weighted by molar-refractivity contribution is -0.121. The third-order valence-electron chi connectivity index (χ3n) is 2.96. The van der Waals surface area contributed by atoms with E-state index in [9.17, 15) is 4.79 Å². The van der Waals surface area contributed by atoms with Gasteiger partial charge in [0.25, 0.3) is 0 Å². The van der Waals surface area contributed by atoms with E-state index in [4.69, 9.17) is 5.11 Å². The molecule has 0 aliphatic rings. The second kappa shape index (κ2) is 6.40. The van der Waals surface area contributed by atoms with Crippen LogP contribution < -0.4 is 5.32 Å². The molecule has 2 N–H and O–H groups in total. The van der Waals surface area contributed by atoms with Gasteiger partial charge in [-0.1, -0.05) is 38.1 Å². The van der Waals surface area contributed by atoms with Crippen LogP contribution in [0.1, 0.15) is 25.0 Å². The third kappa shape index (κ3) is 4.19. The number of carbonyl (C=O) groups excluding carboxylic acids is 1. The van der Waals surface area contributed by atoms with Crippen LogP contribution in [0.15, 0.2) is 24.3 Å². The standard InChI is InChI=1S/C14H21NO2/c1-10(2)13(9-16)15-14(17)8-12-7-5-4-6-11(12)3/h4-7,10,13,16H,8-9H2,1-3H3,(H,15,17)/t13-/m1/s1. The van der Waals surface area contributed by atoms with Gasteiger partial charge in [0, 0.05) is 0 Å². The summed E-state index contributed by atoms with van der Waals surface area (Å²) in [7, 11) is 0. The molecule has 0 saturated carbocycles. The van der Waals surface area contributed by atoms with E-state index in [1.165, 1.54) is 0 Å². The first-order chi connectivity index (χ1) is 8.04. The molecule has 1 aromatic carbocycles. The van der Waals surface area contributed by atoms with E-state index in [2.05, 4.69) is 5.32 Å². The van der Waals surface area contributed by atoms with Crippen LogP contribution in [0.2, 0.25) is 0 Å². The quantitative estimate of drug-likeness (QED) is 0.815. The zero-order chi connectivity index (χ0) is 12.8. The highest BCUT2D eigenvalue weighted by Crippen LogP contribution is 2.08. The van der Waals surface area contributed by atoms with Crippen LogP contribution in [-0.2, 0) is 11.2 Å². The number of aryl methyl sites for hydroxylation is 1. The largest absolute Gasteiger partial charge is 0.394 e. The van der Waals surface area contributed by atoms with Crippen LogP contribution in [0.5, 0.6) is 0 Å². The predicted octanol–water partition coefficient (Wildman–Crippen LogP) is 1.67. The molecule has 0 unspecified atom stereocenters. The first-order valence-electron chi connectivity index (χ1n) is 5.99. The highest BCUT2D eigenvalue weighted by molar-refractivity contribution is 5.79. The van der Waals surface area contributed by atoms with E-state index < -0.39 is 0 Å². The summed E-state index contributed by atoms with van der Waals surface area (Å²) < 4.78 is 0. The van der Waals surface area contributed by atoms with Crippen molar-refractivity contribution in [1.82, 2.24) is 5.32 Å². The summed E-state index contributed by atoms with van der Waals surface area (Å²) in [6, 6.07) is 7.68. The number of aliphatic hydroxyl groups is 1. The predicted molar refractivity (Wildman–Crippen MR) is 68.7 cm³/mol. The van der Waals surface area contributed by atoms with Crippen molar-refractivity contribution < 1.29 is 9.90 Å². The Kier molecular flexibility index (Phi) is 5.16. The molecule has 17 heavy (non-hydrogen) atoms. The Morgan fingerprint density at radius 2 is 2.00 bits per heavy atom. The number of hydrogen-bond donors (Lipinski definition) is 2. The molecule has 0 fully saturated rings. The molecule has 0 aliphatic carbocycles. The maximum Gasteiger partial charge on any atom is 0.224 e. The summed E-state index contributed by atoms with van der Waals surface area (Å²) in [5.41, 5.74) is 2.15. The molecule has 3 nitrogen and oxygen atoms in total. The summed E-state index contributed by atoms with van der Waals surface area (Å²) in [5, 5.41) is 12.0. The average molecular weight is 235 g/mol. The average Bonchev–Trinajstić information content (AvgIpc) is 2.28. The van der Waals surface area contributed by atoms with Crippen molar-refractivity contribution in [3.8, 4) is 0 Å². The van der Waals surface area contributed by atoms with Gasteiger partial charge in [-0.3, -0.25) is 4.79 Å². The minimum Gasteiger partial charge on any atom is -0.394 e. The minimum absolute atomic E-state index is 0.0167. The zero-order valence-corrected chi connectivity index (χ0v) is 10.7. The van der Waals surface area contributed by atoms with Crippen LogP contribution in [0, 0.1) is 12.8 Å². The Bertz CT molecular complexity index is 374. The van der Waals surface area contributed by atoms with Crippen molar-refractivity contribution in [2.75, 3.05) is 6.61 Å². The Balaban J connectivity index is 2.58. The number of rotatable bonds is 5. The molecule has 0 saturated heterocycles. The number of amides is 1. The maximum atomic E-state index is 11.8. The van der Waals surface area contributed by atoms with E-state index in [-0.39, 0.29) is 24.5 Å². The maximum absolute atomic E-state index is 11.8. The second-order valence-corrected chi connectivity index (χ2v) is 4.70. The van der Waals surface area contributed by atoms with E-state index in [1.54, 1.807) is 0 Å². The first kappa shape index (κ1) is 13.7. The van der Waals surface area contributed by atoms with E-state index >= 15 is 0 Å². The van der Waals surface area contributed by atoms with Crippen LogP contribution in [0.25, 0.3) is 0 Å². The van der Waals surface area contributed by atoms with Crippen molar-refractivity contribution in [2.45, 2.75) is 33.2 Å². The van der Waals surface area contributed by atoms with Gasteiger partial charge in [-0.05, 0) is 24.0 Å². The first-order valence-corrected chi connectivity index (χ1v) is 5.99.